The van der Waals surface area contributed by atoms with Crippen LogP contribution in [0.1, 0.15) is 158 Å². The molecular weight excluding hydrogens is 1190 g/mol. The SMILES string of the molecule is CC(C)(C)c1ccc(-c2ccccc2)nc1.CC(C)(C)c1ccc(-n2c3ccccc3c3ccccc32)nc1.CC(C)(C)c1cccc(-c2ccccc2)n1.CC(C)(C)c1cccc(-n2c3ccccc3c3ccccc32)n1.CC(C)(C)c1ccccn1.CC(C)(C)c1cccnc1. The predicted octanol–water partition coefficient (Wildman–Crippen LogP) is 23.8. The molecule has 14 rings (SSSR count). The first-order valence-electron chi connectivity index (χ1n) is 34.2. The average Bonchev–Trinajstić information content (AvgIpc) is 1.61. The Morgan fingerprint density at radius 1 is 0.235 bits per heavy atom. The summed E-state index contributed by atoms with van der Waals surface area (Å²) in [5.74, 6) is 1.95. The number of hydrogen-bond acceptors (Lipinski definition) is 6. The van der Waals surface area contributed by atoms with Crippen LogP contribution < -0.4 is 0 Å². The lowest BCUT2D eigenvalue weighted by molar-refractivity contribution is 0.567. The topological polar surface area (TPSA) is 87.2 Å². The van der Waals surface area contributed by atoms with Gasteiger partial charge in [0.15, 0.2) is 0 Å². The Balaban J connectivity index is 0.000000142. The average molecular weight is 1290 g/mol. The molecule has 14 aromatic rings. The van der Waals surface area contributed by atoms with E-state index in [0.29, 0.717) is 0 Å². The molecule has 8 heteroatoms. The molecule has 8 nitrogen and oxygen atoms in total. The highest BCUT2D eigenvalue weighted by Gasteiger charge is 2.21. The standard InChI is InChI=1S/2C21H20N2.2C15H17N.2C9H13N/c1-21(2,3)19-13-8-14-20(22-19)23-17-11-6-4-9-15(17)16-10-5-7-12-18(16)23;1-21(2,3)15-12-13-20(22-14-15)23-18-10-6-4-8-16(18)17-9-5-7-11-19(17)23;1-15(2,3)14-11-7-10-13(16-14)12-8-5-4-6-9-12;1-15(2,3)13-9-10-14(16-11-13)12-7-5-4-6-8-12;1-9(2,3)8-5-4-6-10-7-8;1-9(2,3)8-6-4-5-7-10-8/h2*4-14H,1-3H3;2*4-11H,1-3H3;2*4-7H,1-3H3. The van der Waals surface area contributed by atoms with Gasteiger partial charge in [-0.3, -0.25) is 29.1 Å². The molecule has 0 saturated heterocycles. The van der Waals surface area contributed by atoms with Crippen molar-refractivity contribution in [1.82, 2.24) is 39.0 Å². The van der Waals surface area contributed by atoms with Crippen LogP contribution in [0.3, 0.4) is 0 Å². The molecule has 8 heterocycles. The quantitative estimate of drug-likeness (QED) is 0.174. The molecule has 0 fully saturated rings. The first kappa shape index (κ1) is 72.1. The van der Waals surface area contributed by atoms with E-state index in [0.717, 1.165) is 40.1 Å². The van der Waals surface area contributed by atoms with E-state index >= 15 is 0 Å². The summed E-state index contributed by atoms with van der Waals surface area (Å²) < 4.78 is 4.51. The van der Waals surface area contributed by atoms with Crippen molar-refractivity contribution < 1.29 is 0 Å². The molecule has 0 spiro atoms. The van der Waals surface area contributed by atoms with Crippen molar-refractivity contribution in [3.63, 3.8) is 0 Å². The maximum atomic E-state index is 4.95. The van der Waals surface area contributed by atoms with Gasteiger partial charge >= 0.3 is 0 Å². The normalized spacial score (nSPS) is 11.8. The molecule has 0 aliphatic carbocycles. The Labute approximate surface area is 584 Å². The van der Waals surface area contributed by atoms with Crippen molar-refractivity contribution in [2.45, 2.75) is 157 Å². The molecule has 0 unspecified atom stereocenters. The van der Waals surface area contributed by atoms with Gasteiger partial charge in [0.1, 0.15) is 11.6 Å². The number of pyridine rings is 6. The highest BCUT2D eigenvalue weighted by molar-refractivity contribution is 6.10. The van der Waals surface area contributed by atoms with Crippen LogP contribution in [0.15, 0.2) is 280 Å². The summed E-state index contributed by atoms with van der Waals surface area (Å²) in [7, 11) is 0. The maximum absolute atomic E-state index is 4.95. The van der Waals surface area contributed by atoms with Crippen LogP contribution in [0, 0.1) is 0 Å². The van der Waals surface area contributed by atoms with Crippen molar-refractivity contribution >= 4 is 43.6 Å². The van der Waals surface area contributed by atoms with Crippen molar-refractivity contribution in [3.8, 4) is 34.2 Å². The zero-order chi connectivity index (χ0) is 70.5. The Hall–Kier alpha value is -10.2. The van der Waals surface area contributed by atoms with E-state index in [2.05, 4.69) is 343 Å². The van der Waals surface area contributed by atoms with Crippen LogP contribution in [0.2, 0.25) is 0 Å². The van der Waals surface area contributed by atoms with Gasteiger partial charge in [0.2, 0.25) is 0 Å². The number of fused-ring (bicyclic) bond motifs is 6. The summed E-state index contributed by atoms with van der Waals surface area (Å²) in [6.45, 7) is 39.4. The van der Waals surface area contributed by atoms with Gasteiger partial charge < -0.3 is 0 Å². The zero-order valence-electron chi connectivity index (χ0n) is 61.1. The summed E-state index contributed by atoms with van der Waals surface area (Å²) in [5, 5.41) is 5.08. The summed E-state index contributed by atoms with van der Waals surface area (Å²) in [6.07, 6.45) is 9.52. The molecule has 0 aliphatic rings. The van der Waals surface area contributed by atoms with Gasteiger partial charge in [0, 0.05) is 97.0 Å². The number of rotatable bonds is 4. The largest absolute Gasteiger partial charge is 0.294 e. The lowest BCUT2D eigenvalue weighted by atomic mass is 9.88. The molecular formula is C90H100N8. The first-order valence-corrected chi connectivity index (χ1v) is 34.2. The minimum atomic E-state index is 0.0365. The fraction of sp³-hybridized carbons (Fsp3) is 0.267. The predicted molar refractivity (Wildman–Crippen MR) is 417 cm³/mol. The number of para-hydroxylation sites is 4. The highest BCUT2D eigenvalue weighted by atomic mass is 15.1. The van der Waals surface area contributed by atoms with Crippen LogP contribution in [0.25, 0.3) is 77.8 Å². The zero-order valence-corrected chi connectivity index (χ0v) is 61.1. The van der Waals surface area contributed by atoms with Crippen LogP contribution >= 0.6 is 0 Å². The Bertz CT molecular complexity index is 4640. The molecule has 0 N–H and O–H groups in total. The second kappa shape index (κ2) is 30.9. The Morgan fingerprint density at radius 2 is 0.622 bits per heavy atom. The van der Waals surface area contributed by atoms with Crippen molar-refractivity contribution in [3.05, 3.63) is 313 Å². The van der Waals surface area contributed by atoms with Crippen molar-refractivity contribution in [2.24, 2.45) is 0 Å². The molecule has 6 aromatic carbocycles. The van der Waals surface area contributed by atoms with Crippen LogP contribution in [-0.2, 0) is 32.5 Å². The number of aromatic nitrogens is 8. The highest BCUT2D eigenvalue weighted by Crippen LogP contribution is 2.35. The van der Waals surface area contributed by atoms with E-state index < -0.39 is 0 Å². The fourth-order valence-electron chi connectivity index (χ4n) is 11.1. The first-order chi connectivity index (χ1) is 46.5. The monoisotopic (exact) mass is 1290 g/mol. The lowest BCUT2D eigenvalue weighted by Crippen LogP contribution is -2.14. The molecule has 8 aromatic heterocycles. The number of benzene rings is 6. The maximum Gasteiger partial charge on any atom is 0.137 e. The van der Waals surface area contributed by atoms with E-state index in [1.54, 1.807) is 6.20 Å². The van der Waals surface area contributed by atoms with Crippen LogP contribution in [-0.4, -0.2) is 39.0 Å². The van der Waals surface area contributed by atoms with E-state index in [4.69, 9.17) is 15.0 Å². The second-order valence-corrected chi connectivity index (χ2v) is 31.1. The van der Waals surface area contributed by atoms with E-state index in [-0.39, 0.29) is 32.5 Å². The fourth-order valence-corrected chi connectivity index (χ4v) is 11.1. The second-order valence-electron chi connectivity index (χ2n) is 31.1. The Morgan fingerprint density at radius 3 is 1.00 bits per heavy atom. The van der Waals surface area contributed by atoms with Gasteiger partial charge in [-0.05, 0) is 112 Å². The number of hydrogen-bond donors (Lipinski definition) is 0. The molecule has 0 bridgehead atoms. The van der Waals surface area contributed by atoms with Gasteiger partial charge in [0.25, 0.3) is 0 Å². The number of nitrogens with zero attached hydrogens (tertiary/aromatic N) is 8. The molecule has 0 atom stereocenters. The van der Waals surface area contributed by atoms with E-state index in [9.17, 15) is 0 Å². The van der Waals surface area contributed by atoms with Crippen LogP contribution in [0.4, 0.5) is 0 Å². The molecule has 0 amide bonds. The molecule has 0 aliphatic heterocycles. The van der Waals surface area contributed by atoms with Gasteiger partial charge in [-0.1, -0.05) is 294 Å². The van der Waals surface area contributed by atoms with Gasteiger partial charge in [-0.2, -0.15) is 0 Å². The van der Waals surface area contributed by atoms with E-state index in [1.807, 2.05) is 79.4 Å². The molecule has 0 saturated carbocycles. The Kier molecular flexibility index (Phi) is 22.7. The summed E-state index contributed by atoms with van der Waals surface area (Å²) >= 11 is 0. The smallest absolute Gasteiger partial charge is 0.137 e. The summed E-state index contributed by atoms with van der Waals surface area (Å²) in [6, 6.07) is 85.8. The third-order valence-electron chi connectivity index (χ3n) is 17.0. The summed E-state index contributed by atoms with van der Waals surface area (Å²) in [5.41, 5.74) is 17.3. The third-order valence-corrected chi connectivity index (χ3v) is 17.0. The third kappa shape index (κ3) is 18.7. The lowest BCUT2D eigenvalue weighted by Gasteiger charge is -2.19. The molecule has 0 radical (unpaired) electrons. The minimum absolute atomic E-state index is 0.0365. The van der Waals surface area contributed by atoms with E-state index in [1.165, 1.54) is 71.4 Å². The molecule has 98 heavy (non-hydrogen) atoms. The van der Waals surface area contributed by atoms with Gasteiger partial charge in [-0.15, -0.1) is 0 Å². The van der Waals surface area contributed by atoms with Gasteiger partial charge in [-0.25, -0.2) is 9.97 Å². The molecule has 500 valence electrons. The van der Waals surface area contributed by atoms with Gasteiger partial charge in [0.05, 0.1) is 33.5 Å². The van der Waals surface area contributed by atoms with Crippen molar-refractivity contribution in [2.75, 3.05) is 0 Å². The van der Waals surface area contributed by atoms with Crippen LogP contribution in [0.5, 0.6) is 0 Å². The summed E-state index contributed by atoms with van der Waals surface area (Å²) in [4.78, 5) is 27.2. The van der Waals surface area contributed by atoms with Crippen molar-refractivity contribution in [1.29, 1.82) is 0 Å². The minimum Gasteiger partial charge on any atom is -0.294 e.